The van der Waals surface area contributed by atoms with E-state index in [1.807, 2.05) is 24.3 Å². The zero-order valence-corrected chi connectivity index (χ0v) is 10.6. The van der Waals surface area contributed by atoms with Gasteiger partial charge in [0.15, 0.2) is 0 Å². The molecule has 19 heavy (non-hydrogen) atoms. The lowest BCUT2D eigenvalue weighted by atomic mass is 10.1. The Hall–Kier alpha value is -2.20. The summed E-state index contributed by atoms with van der Waals surface area (Å²) < 4.78 is 0. The van der Waals surface area contributed by atoms with Gasteiger partial charge in [-0.1, -0.05) is 18.2 Å². The van der Waals surface area contributed by atoms with E-state index in [4.69, 9.17) is 5.11 Å². The highest BCUT2D eigenvalue weighted by Gasteiger charge is 2.16. The Balaban J connectivity index is 2.42. The molecule has 1 N–H and O–H groups in total. The van der Waals surface area contributed by atoms with Crippen LogP contribution in [0.15, 0.2) is 49.2 Å². The molecule has 0 aliphatic heterocycles. The summed E-state index contributed by atoms with van der Waals surface area (Å²) in [5.74, 6) is -0.118. The Morgan fingerprint density at radius 2 is 2.21 bits per heavy atom. The van der Waals surface area contributed by atoms with Crippen LogP contribution in [0.5, 0.6) is 0 Å². The second-order valence-corrected chi connectivity index (χ2v) is 4.14. The Kier molecular flexibility index (Phi) is 4.26. The van der Waals surface area contributed by atoms with Crippen molar-refractivity contribution >= 4 is 16.8 Å². The highest BCUT2D eigenvalue weighted by Crippen LogP contribution is 2.18. The monoisotopic (exact) mass is 256 g/mol. The Bertz CT molecular complexity index is 590. The number of aliphatic hydroxyl groups is 1. The molecule has 98 valence electrons. The van der Waals surface area contributed by atoms with E-state index in [1.54, 1.807) is 23.2 Å². The van der Waals surface area contributed by atoms with Gasteiger partial charge < -0.3 is 10.0 Å². The van der Waals surface area contributed by atoms with Gasteiger partial charge in [-0.2, -0.15) is 0 Å². The van der Waals surface area contributed by atoms with E-state index in [0.717, 1.165) is 10.9 Å². The second kappa shape index (κ2) is 6.11. The average Bonchev–Trinajstić information content (AvgIpc) is 2.46. The highest BCUT2D eigenvalue weighted by atomic mass is 16.3. The maximum Gasteiger partial charge on any atom is 0.254 e. The third-order valence-electron chi connectivity index (χ3n) is 2.88. The lowest BCUT2D eigenvalue weighted by Crippen LogP contribution is -2.33. The van der Waals surface area contributed by atoms with Gasteiger partial charge in [-0.25, -0.2) is 0 Å². The maximum absolute atomic E-state index is 12.5. The molecule has 2 rings (SSSR count). The van der Waals surface area contributed by atoms with Crippen molar-refractivity contribution in [1.82, 2.24) is 9.88 Å². The van der Waals surface area contributed by atoms with Gasteiger partial charge in [-0.05, 0) is 18.2 Å². The lowest BCUT2D eigenvalue weighted by molar-refractivity contribution is 0.0745. The molecule has 1 amide bonds. The van der Waals surface area contributed by atoms with Crippen molar-refractivity contribution in [2.24, 2.45) is 0 Å². The van der Waals surface area contributed by atoms with E-state index in [1.165, 1.54) is 0 Å². The molecule has 4 nitrogen and oxygen atoms in total. The van der Waals surface area contributed by atoms with Gasteiger partial charge >= 0.3 is 0 Å². The Morgan fingerprint density at radius 1 is 1.37 bits per heavy atom. The molecule has 1 aromatic heterocycles. The zero-order chi connectivity index (χ0) is 13.7. The summed E-state index contributed by atoms with van der Waals surface area (Å²) in [6.07, 6.45) is 3.35. The molecule has 0 saturated carbocycles. The van der Waals surface area contributed by atoms with Crippen LogP contribution in [0.3, 0.4) is 0 Å². The third-order valence-corrected chi connectivity index (χ3v) is 2.88. The SMILES string of the molecule is C=CCN(CCO)C(=O)c1cccc2ncccc12. The minimum absolute atomic E-state index is 0.0669. The van der Waals surface area contributed by atoms with Crippen LogP contribution >= 0.6 is 0 Å². The number of nitrogens with zero attached hydrogens (tertiary/aromatic N) is 2. The van der Waals surface area contributed by atoms with E-state index in [2.05, 4.69) is 11.6 Å². The van der Waals surface area contributed by atoms with Gasteiger partial charge in [0, 0.05) is 30.2 Å². The van der Waals surface area contributed by atoms with E-state index in [9.17, 15) is 4.79 Å². The predicted octanol–water partition coefficient (Wildman–Crippen LogP) is 1.86. The molecule has 4 heteroatoms. The summed E-state index contributed by atoms with van der Waals surface area (Å²) in [4.78, 5) is 18.3. The number of rotatable bonds is 5. The van der Waals surface area contributed by atoms with Gasteiger partial charge in [-0.15, -0.1) is 6.58 Å². The minimum Gasteiger partial charge on any atom is -0.395 e. The van der Waals surface area contributed by atoms with Crippen LogP contribution in [0, 0.1) is 0 Å². The molecule has 2 aromatic rings. The smallest absolute Gasteiger partial charge is 0.254 e. The molecule has 0 aliphatic carbocycles. The van der Waals surface area contributed by atoms with Crippen molar-refractivity contribution in [2.75, 3.05) is 19.7 Å². The van der Waals surface area contributed by atoms with Crippen molar-refractivity contribution in [2.45, 2.75) is 0 Å². The molecule has 0 spiro atoms. The van der Waals surface area contributed by atoms with Crippen LogP contribution < -0.4 is 0 Å². The van der Waals surface area contributed by atoms with Crippen molar-refractivity contribution in [3.63, 3.8) is 0 Å². The Labute approximate surface area is 112 Å². The number of fused-ring (bicyclic) bond motifs is 1. The number of benzene rings is 1. The summed E-state index contributed by atoms with van der Waals surface area (Å²) in [6, 6.07) is 9.15. The number of aromatic nitrogens is 1. The number of carbonyl (C=O) groups excluding carboxylic acids is 1. The number of pyridine rings is 1. The normalized spacial score (nSPS) is 10.4. The number of carbonyl (C=O) groups is 1. The van der Waals surface area contributed by atoms with Crippen LogP contribution in [0.4, 0.5) is 0 Å². The standard InChI is InChI=1S/C15H16N2O2/c1-2-9-17(10-11-18)15(19)13-5-3-7-14-12(13)6-4-8-16-14/h2-8,18H,1,9-11H2. The molecule has 1 aromatic carbocycles. The molecule has 0 saturated heterocycles. The van der Waals surface area contributed by atoms with E-state index >= 15 is 0 Å². The minimum atomic E-state index is -0.118. The van der Waals surface area contributed by atoms with Gasteiger partial charge in [0.25, 0.3) is 5.91 Å². The van der Waals surface area contributed by atoms with Crippen molar-refractivity contribution in [3.05, 3.63) is 54.7 Å². The number of hydrogen-bond donors (Lipinski definition) is 1. The average molecular weight is 256 g/mol. The molecule has 0 aliphatic rings. The second-order valence-electron chi connectivity index (χ2n) is 4.14. The van der Waals surface area contributed by atoms with Crippen LogP contribution in [-0.4, -0.2) is 40.6 Å². The quantitative estimate of drug-likeness (QED) is 0.831. The van der Waals surface area contributed by atoms with Crippen molar-refractivity contribution in [3.8, 4) is 0 Å². The number of hydrogen-bond acceptors (Lipinski definition) is 3. The highest BCUT2D eigenvalue weighted by molar-refractivity contribution is 6.06. The fourth-order valence-corrected chi connectivity index (χ4v) is 2.01. The third kappa shape index (κ3) is 2.80. The fourth-order valence-electron chi connectivity index (χ4n) is 2.01. The zero-order valence-electron chi connectivity index (χ0n) is 10.6. The number of amides is 1. The number of aliphatic hydroxyl groups excluding tert-OH is 1. The molecule has 0 bridgehead atoms. The first-order valence-corrected chi connectivity index (χ1v) is 6.12. The summed E-state index contributed by atoms with van der Waals surface area (Å²) in [5, 5.41) is 9.85. The van der Waals surface area contributed by atoms with Gasteiger partial charge in [0.2, 0.25) is 0 Å². The first-order chi connectivity index (χ1) is 9.27. The molecule has 0 unspecified atom stereocenters. The summed E-state index contributed by atoms with van der Waals surface area (Å²) >= 11 is 0. The molecule has 0 radical (unpaired) electrons. The predicted molar refractivity (Wildman–Crippen MR) is 74.9 cm³/mol. The summed E-state index contributed by atoms with van der Waals surface area (Å²) in [5.41, 5.74) is 1.39. The van der Waals surface area contributed by atoms with E-state index in [-0.39, 0.29) is 12.5 Å². The topological polar surface area (TPSA) is 53.4 Å². The van der Waals surface area contributed by atoms with Gasteiger partial charge in [0.1, 0.15) is 0 Å². The first kappa shape index (κ1) is 13.2. The molecular weight excluding hydrogens is 240 g/mol. The largest absolute Gasteiger partial charge is 0.395 e. The van der Waals surface area contributed by atoms with Crippen LogP contribution in [0.1, 0.15) is 10.4 Å². The molecule has 0 fully saturated rings. The Morgan fingerprint density at radius 3 is 2.95 bits per heavy atom. The van der Waals surface area contributed by atoms with Crippen molar-refractivity contribution in [1.29, 1.82) is 0 Å². The molecule has 0 atom stereocenters. The molecular formula is C15H16N2O2. The van der Waals surface area contributed by atoms with Gasteiger partial charge in [-0.3, -0.25) is 9.78 Å². The fraction of sp³-hybridized carbons (Fsp3) is 0.200. The van der Waals surface area contributed by atoms with Crippen LogP contribution in [0.2, 0.25) is 0 Å². The molecule has 1 heterocycles. The maximum atomic E-state index is 12.5. The lowest BCUT2D eigenvalue weighted by Gasteiger charge is -2.20. The van der Waals surface area contributed by atoms with Crippen molar-refractivity contribution < 1.29 is 9.90 Å². The first-order valence-electron chi connectivity index (χ1n) is 6.12. The summed E-state index contributed by atoms with van der Waals surface area (Å²) in [7, 11) is 0. The van der Waals surface area contributed by atoms with E-state index in [0.29, 0.717) is 18.7 Å². The van der Waals surface area contributed by atoms with Crippen LogP contribution in [0.25, 0.3) is 10.9 Å². The van der Waals surface area contributed by atoms with Crippen LogP contribution in [-0.2, 0) is 0 Å². The van der Waals surface area contributed by atoms with Gasteiger partial charge in [0.05, 0.1) is 12.1 Å². The summed E-state index contributed by atoms with van der Waals surface area (Å²) in [6.45, 7) is 4.27. The van der Waals surface area contributed by atoms with E-state index < -0.39 is 0 Å².